The predicted octanol–water partition coefficient (Wildman–Crippen LogP) is 4.22. The molecule has 1 aliphatic rings. The van der Waals surface area contributed by atoms with Crippen molar-refractivity contribution in [2.45, 2.75) is 65.1 Å². The first-order valence-corrected chi connectivity index (χ1v) is 8.77. The molecule has 132 valence electrons. The van der Waals surface area contributed by atoms with Gasteiger partial charge < -0.3 is 14.6 Å². The fourth-order valence-electron chi connectivity index (χ4n) is 2.69. The molecule has 0 spiro atoms. The molecular weight excluding hydrogens is 297 g/mol. The van der Waals surface area contributed by atoms with Crippen LogP contribution < -0.4 is 5.32 Å². The fourth-order valence-corrected chi connectivity index (χ4v) is 2.69. The summed E-state index contributed by atoms with van der Waals surface area (Å²) in [6.07, 6.45) is 2.17. The summed E-state index contributed by atoms with van der Waals surface area (Å²) in [4.78, 5) is 0. The largest absolute Gasteiger partial charge is 0.491 e. The van der Waals surface area contributed by atoms with Gasteiger partial charge in [0.15, 0.2) is 0 Å². The highest BCUT2D eigenvalue weighted by Crippen LogP contribution is 2.38. The molecule has 0 saturated carbocycles. The van der Waals surface area contributed by atoms with Crippen LogP contribution >= 0.6 is 0 Å². The van der Waals surface area contributed by atoms with Crippen molar-refractivity contribution in [2.24, 2.45) is 0 Å². The smallest absolute Gasteiger partial charge is 0.400 e. The van der Waals surface area contributed by atoms with E-state index in [0.29, 0.717) is 0 Å². The van der Waals surface area contributed by atoms with Crippen molar-refractivity contribution in [2.75, 3.05) is 13.6 Å². The molecule has 1 aromatic rings. The molecule has 1 N–H and O–H groups in total. The van der Waals surface area contributed by atoms with E-state index in [2.05, 4.69) is 84.1 Å². The van der Waals surface area contributed by atoms with Crippen molar-refractivity contribution in [3.8, 4) is 0 Å². The minimum Gasteiger partial charge on any atom is -0.400 e. The number of rotatable bonds is 4. The molecule has 0 aromatic heterocycles. The Balaban J connectivity index is 2.26. The van der Waals surface area contributed by atoms with Crippen molar-refractivity contribution in [1.29, 1.82) is 0 Å². The van der Waals surface area contributed by atoms with Gasteiger partial charge in [0.2, 0.25) is 0 Å². The van der Waals surface area contributed by atoms with E-state index in [9.17, 15) is 0 Å². The van der Waals surface area contributed by atoms with Crippen molar-refractivity contribution in [3.63, 3.8) is 0 Å². The summed E-state index contributed by atoms with van der Waals surface area (Å²) in [6.45, 7) is 15.8. The minimum atomic E-state index is -0.319. The Kier molecular flexibility index (Phi) is 5.34. The lowest BCUT2D eigenvalue weighted by atomic mass is 9.76. The van der Waals surface area contributed by atoms with Crippen LogP contribution in [-0.2, 0) is 14.7 Å². The lowest BCUT2D eigenvalue weighted by Crippen LogP contribution is -2.41. The summed E-state index contributed by atoms with van der Waals surface area (Å²) in [7, 11) is 1.63. The van der Waals surface area contributed by atoms with E-state index in [1.807, 2.05) is 7.05 Å². The molecule has 0 aliphatic carbocycles. The second kappa shape index (κ2) is 6.66. The third-order valence-corrected chi connectivity index (χ3v) is 5.07. The van der Waals surface area contributed by atoms with Crippen molar-refractivity contribution >= 4 is 13.2 Å². The van der Waals surface area contributed by atoms with Gasteiger partial charge in [-0.25, -0.2) is 0 Å². The van der Waals surface area contributed by atoms with E-state index < -0.39 is 0 Å². The van der Waals surface area contributed by atoms with Crippen LogP contribution in [0.15, 0.2) is 29.7 Å². The Labute approximate surface area is 148 Å². The molecule has 1 fully saturated rings. The SMILES string of the molecule is CNCC(=Cc1ccc(C(C)(C)C)cc1)B1OC(C)(C)C(C)(C)O1. The van der Waals surface area contributed by atoms with Crippen molar-refractivity contribution < 1.29 is 9.31 Å². The average Bonchev–Trinajstić information content (AvgIpc) is 2.66. The lowest BCUT2D eigenvalue weighted by Gasteiger charge is -2.32. The maximum atomic E-state index is 6.20. The summed E-state index contributed by atoms with van der Waals surface area (Å²) in [5, 5.41) is 3.23. The molecule has 0 unspecified atom stereocenters. The van der Waals surface area contributed by atoms with Gasteiger partial charge in [-0.1, -0.05) is 51.1 Å². The molecule has 0 radical (unpaired) electrons. The fraction of sp³-hybridized carbons (Fsp3) is 0.600. The van der Waals surface area contributed by atoms with Crippen LogP contribution in [0, 0.1) is 0 Å². The first kappa shape index (κ1) is 19.2. The lowest BCUT2D eigenvalue weighted by molar-refractivity contribution is 0.00578. The third kappa shape index (κ3) is 4.11. The van der Waals surface area contributed by atoms with Crippen LogP contribution in [-0.4, -0.2) is 31.9 Å². The molecule has 2 rings (SSSR count). The highest BCUT2D eigenvalue weighted by Gasteiger charge is 2.52. The molecule has 0 bridgehead atoms. The van der Waals surface area contributed by atoms with Crippen LogP contribution in [0.1, 0.15) is 59.6 Å². The van der Waals surface area contributed by atoms with Gasteiger partial charge >= 0.3 is 7.12 Å². The molecule has 1 saturated heterocycles. The summed E-state index contributed by atoms with van der Waals surface area (Å²) < 4.78 is 12.4. The molecule has 1 aromatic carbocycles. The number of nitrogens with one attached hydrogen (secondary N) is 1. The monoisotopic (exact) mass is 329 g/mol. The average molecular weight is 329 g/mol. The standard InChI is InChI=1S/C20H32BNO2/c1-18(2,3)16-11-9-15(10-12-16)13-17(14-22-8)21-23-19(4,5)20(6,7)24-21/h9-13,22H,14H2,1-8H3. The van der Waals surface area contributed by atoms with Gasteiger partial charge in [-0.2, -0.15) is 0 Å². The first-order valence-electron chi connectivity index (χ1n) is 8.77. The zero-order valence-corrected chi connectivity index (χ0v) is 16.5. The van der Waals surface area contributed by atoms with Gasteiger partial charge in [-0.3, -0.25) is 0 Å². The first-order chi connectivity index (χ1) is 11.0. The van der Waals surface area contributed by atoms with Gasteiger partial charge in [-0.15, -0.1) is 0 Å². The second-order valence-electron chi connectivity index (χ2n) is 8.71. The molecule has 0 amide bonds. The summed E-state index contributed by atoms with van der Waals surface area (Å²) >= 11 is 0. The molecule has 1 heterocycles. The number of hydrogen-bond donors (Lipinski definition) is 1. The highest BCUT2D eigenvalue weighted by atomic mass is 16.7. The second-order valence-corrected chi connectivity index (χ2v) is 8.71. The predicted molar refractivity (Wildman–Crippen MR) is 103 cm³/mol. The Morgan fingerprint density at radius 2 is 1.54 bits per heavy atom. The van der Waals surface area contributed by atoms with E-state index in [0.717, 1.165) is 12.0 Å². The van der Waals surface area contributed by atoms with Gasteiger partial charge in [0.1, 0.15) is 0 Å². The summed E-state index contributed by atoms with van der Waals surface area (Å²) in [6, 6.07) is 8.74. The Morgan fingerprint density at radius 3 is 1.96 bits per heavy atom. The van der Waals surface area contributed by atoms with E-state index in [1.165, 1.54) is 11.1 Å². The maximum Gasteiger partial charge on any atom is 0.491 e. The van der Waals surface area contributed by atoms with Crippen LogP contribution in [0.5, 0.6) is 0 Å². The third-order valence-electron chi connectivity index (χ3n) is 5.07. The molecular formula is C20H32BNO2. The van der Waals surface area contributed by atoms with Crippen LogP contribution in [0.2, 0.25) is 0 Å². The number of benzene rings is 1. The highest BCUT2D eigenvalue weighted by molar-refractivity contribution is 6.55. The van der Waals surface area contributed by atoms with Gasteiger partial charge in [-0.05, 0) is 56.8 Å². The van der Waals surface area contributed by atoms with Crippen molar-refractivity contribution in [3.05, 3.63) is 40.9 Å². The Hall–Kier alpha value is -1.10. The van der Waals surface area contributed by atoms with Gasteiger partial charge in [0.25, 0.3) is 0 Å². The van der Waals surface area contributed by atoms with Crippen molar-refractivity contribution in [1.82, 2.24) is 5.32 Å². The topological polar surface area (TPSA) is 30.5 Å². The van der Waals surface area contributed by atoms with E-state index >= 15 is 0 Å². The van der Waals surface area contributed by atoms with E-state index in [1.54, 1.807) is 0 Å². The normalized spacial score (nSPS) is 20.5. The minimum absolute atomic E-state index is 0.168. The van der Waals surface area contributed by atoms with Gasteiger partial charge in [0, 0.05) is 6.54 Å². The van der Waals surface area contributed by atoms with E-state index in [4.69, 9.17) is 9.31 Å². The number of likely N-dealkylation sites (N-methyl/N-ethyl adjacent to an activating group) is 1. The zero-order chi connectivity index (χ0) is 18.2. The quantitative estimate of drug-likeness (QED) is 0.839. The van der Waals surface area contributed by atoms with Gasteiger partial charge in [0.05, 0.1) is 11.2 Å². The molecule has 24 heavy (non-hydrogen) atoms. The molecule has 4 heteroatoms. The van der Waals surface area contributed by atoms with Crippen LogP contribution in [0.4, 0.5) is 0 Å². The molecule has 0 atom stereocenters. The molecule has 1 aliphatic heterocycles. The summed E-state index contributed by atoms with van der Waals surface area (Å²) in [5.74, 6) is 0. The van der Waals surface area contributed by atoms with E-state index in [-0.39, 0.29) is 23.7 Å². The Bertz CT molecular complexity index is 581. The van der Waals surface area contributed by atoms with Crippen LogP contribution in [0.3, 0.4) is 0 Å². The molecule has 3 nitrogen and oxygen atoms in total. The maximum absolute atomic E-state index is 6.20. The Morgan fingerprint density at radius 1 is 1.04 bits per heavy atom. The number of hydrogen-bond acceptors (Lipinski definition) is 3. The zero-order valence-electron chi connectivity index (χ0n) is 16.5. The summed E-state index contributed by atoms with van der Waals surface area (Å²) in [5.41, 5.74) is 3.15. The van der Waals surface area contributed by atoms with Crippen LogP contribution in [0.25, 0.3) is 6.08 Å².